The molecule has 732 valence electrons. The molecule has 0 saturated heterocycles. The van der Waals surface area contributed by atoms with Crippen LogP contribution in [0.15, 0.2) is 237 Å². The van der Waals surface area contributed by atoms with Gasteiger partial charge in [0.05, 0.1) is 22.3 Å². The zero-order chi connectivity index (χ0) is 101. The average molecular weight is 1900 g/mol. The lowest BCUT2D eigenvalue weighted by molar-refractivity contribution is -0.660. The molecule has 8 nitrogen and oxygen atoms in total. The summed E-state index contributed by atoms with van der Waals surface area (Å²) < 4.78 is 36.2. The number of rotatable bonds is 10. The van der Waals surface area contributed by atoms with Crippen LogP contribution in [0.3, 0.4) is 0 Å². The van der Waals surface area contributed by atoms with Crippen LogP contribution in [0.2, 0.25) is 0 Å². The topological polar surface area (TPSA) is 68.1 Å². The smallest absolute Gasteiger partial charge is 0.216 e. The Hall–Kier alpha value is -12.8. The van der Waals surface area contributed by atoms with Crippen LogP contribution in [0.5, 0.6) is 0 Å². The maximum Gasteiger partial charge on any atom is 0.216 e. The zero-order valence-corrected chi connectivity index (χ0v) is 91.0. The summed E-state index contributed by atoms with van der Waals surface area (Å²) in [6, 6.07) is 73.5. The van der Waals surface area contributed by atoms with Crippen LogP contribution in [0.25, 0.3) is 166 Å². The lowest BCUT2D eigenvalue weighted by Gasteiger charge is -2.42. The Bertz CT molecular complexity index is 8520. The normalized spacial score (nSPS) is 16.4. The van der Waals surface area contributed by atoms with Crippen LogP contribution in [0, 0.1) is 112 Å². The molecule has 0 bridgehead atoms. The molecule has 25 rings (SSSR count). The fourth-order valence-corrected chi connectivity index (χ4v) is 28.8. The Balaban J connectivity index is 0.000000110. The van der Waals surface area contributed by atoms with Crippen molar-refractivity contribution in [3.63, 3.8) is 0 Å². The lowest BCUT2D eigenvalue weighted by Crippen LogP contribution is -2.35. The molecule has 2 saturated carbocycles. The van der Waals surface area contributed by atoms with Crippen LogP contribution in [-0.4, -0.2) is 0 Å². The Morgan fingerprint density at radius 1 is 0.312 bits per heavy atom. The van der Waals surface area contributed by atoms with Gasteiger partial charge in [0.25, 0.3) is 0 Å². The first kappa shape index (κ1) is 96.0. The maximum atomic E-state index is 6.91. The van der Waals surface area contributed by atoms with Gasteiger partial charge >= 0.3 is 0 Å². The van der Waals surface area contributed by atoms with E-state index in [2.05, 4.69) is 432 Å². The van der Waals surface area contributed by atoms with Gasteiger partial charge in [0.15, 0.2) is 24.8 Å². The molecule has 19 aromatic rings. The molecule has 8 aromatic heterocycles. The first-order valence-corrected chi connectivity index (χ1v) is 53.7. The standard InChI is InChI=1S/C38H44NO.C36H40NO.C32H36NO.C30H28NO/c1-23-15-16-27-29-18-28-26-13-11-12-14-30(26)38(21-36(4,5)6,22-37(7,8)9)31(28)19-33(29)40-35(27)34(23)32-17-24(2)25(3)20-39(32)10;1-21(2)18-36(19-22(3)4)30-12-10-9-11-26(30)28-16-29-27-14-13-23(5)34(35(27)38-33(29)17-31(28)36)32-15-24(6)25(7)20-37(32)8;1-19-11-12-23-25-16-24-22-9-5-6-10-26(22)32(13-7-8-14-32)27(24)17-29(25)34-31(23)30(19)28-15-20(2)21(3)18-33(28)4;1-17-11-12-22-27-25(32-29(22)26(17)24-15-18(2)19(3)16-31(24)6)14-13-21-20-9-7-8-10-23(20)30(4,5)28(21)27/h11-20H,21-22H2,1-10H3;9-17,20-22H,18-19H2,1-8H3;11-12,15-18,22,26H,5-10,13-14H2,1-4H3;7-16H,1-6H3/q4*+1. The Labute approximate surface area is 854 Å². The number of benzene rings is 11. The molecule has 0 amide bonds. The van der Waals surface area contributed by atoms with Crippen LogP contribution >= 0.6 is 0 Å². The minimum Gasteiger partial charge on any atom is -0.455 e. The van der Waals surface area contributed by atoms with E-state index in [9.17, 15) is 0 Å². The molecule has 144 heavy (non-hydrogen) atoms. The molecule has 6 aliphatic carbocycles. The Kier molecular flexibility index (Phi) is 23.3. The van der Waals surface area contributed by atoms with Crippen molar-refractivity contribution < 1.29 is 35.9 Å². The Morgan fingerprint density at radius 2 is 0.660 bits per heavy atom. The molecule has 2 unspecified atom stereocenters. The summed E-state index contributed by atoms with van der Waals surface area (Å²) >= 11 is 0. The van der Waals surface area contributed by atoms with Crippen molar-refractivity contribution in [2.24, 2.45) is 56.8 Å². The number of nitrogens with zero attached hydrogens (tertiary/aromatic N) is 4. The number of furan rings is 4. The third-order valence-electron chi connectivity index (χ3n) is 35.1. The van der Waals surface area contributed by atoms with Gasteiger partial charge in [-0.2, -0.15) is 0 Å². The van der Waals surface area contributed by atoms with Crippen LogP contribution in [-0.2, 0) is 49.9 Å². The van der Waals surface area contributed by atoms with Crippen LogP contribution in [0.4, 0.5) is 0 Å². The van der Waals surface area contributed by atoms with E-state index >= 15 is 0 Å². The molecule has 0 aliphatic heterocycles. The van der Waals surface area contributed by atoms with Crippen molar-refractivity contribution in [1.82, 2.24) is 0 Å². The van der Waals surface area contributed by atoms with E-state index in [0.29, 0.717) is 17.3 Å². The number of hydrogen-bond acceptors (Lipinski definition) is 4. The second kappa shape index (κ2) is 35.0. The number of fused-ring (bicyclic) bond motifs is 27. The predicted octanol–water partition coefficient (Wildman–Crippen LogP) is 34.9. The van der Waals surface area contributed by atoms with Crippen molar-refractivity contribution in [3.05, 3.63) is 330 Å². The van der Waals surface area contributed by atoms with Crippen LogP contribution < -0.4 is 18.3 Å². The Morgan fingerprint density at radius 3 is 1.07 bits per heavy atom. The lowest BCUT2D eigenvalue weighted by atomic mass is 9.62. The van der Waals surface area contributed by atoms with Gasteiger partial charge in [0.2, 0.25) is 22.8 Å². The molecule has 0 N–H and O–H groups in total. The van der Waals surface area contributed by atoms with E-state index in [1.54, 1.807) is 11.1 Å². The fraction of sp³-hybridized carbons (Fsp3) is 0.368. The molecule has 8 heteroatoms. The van der Waals surface area contributed by atoms with Gasteiger partial charge in [-0.1, -0.05) is 236 Å². The molecule has 6 aliphatic rings. The zero-order valence-electron chi connectivity index (χ0n) is 91.0. The van der Waals surface area contributed by atoms with Gasteiger partial charge < -0.3 is 17.7 Å². The van der Waals surface area contributed by atoms with Crippen molar-refractivity contribution in [1.29, 1.82) is 0 Å². The summed E-state index contributed by atoms with van der Waals surface area (Å²) in [6.07, 6.45) is 24.6. The number of aryl methyl sites for hydroxylation is 16. The molecule has 11 aromatic carbocycles. The highest BCUT2D eigenvalue weighted by atomic mass is 16.3. The highest BCUT2D eigenvalue weighted by Crippen LogP contribution is 2.66. The van der Waals surface area contributed by atoms with Crippen molar-refractivity contribution in [2.75, 3.05) is 0 Å². The van der Waals surface area contributed by atoms with Gasteiger partial charge in [-0.25, -0.2) is 18.3 Å². The molecule has 0 radical (unpaired) electrons. The van der Waals surface area contributed by atoms with Crippen LogP contribution in [0.1, 0.15) is 277 Å². The SMILES string of the molecule is Cc1cc(-c2c(C)ccc3c2oc2cc4c(cc23)-c2ccccc2C4(CC(C)(C)C)CC(C)(C)C)[n+](C)cc1C.Cc1cc(-c2c(C)ccc3c2oc2cc4c(cc23)-c2ccccc2C4(CC(C)C)CC(C)C)[n+](C)cc1C.Cc1cc(-c2c(C)ccc3c2oc2cc4c(cc23)C2CCCCC2C42CCCC2)[n+](C)cc1C.Cc1cc(-c2c(C)ccc3c2oc2ccc4c(c23)C(C)(C)c2ccccc2-4)[n+](C)cc1C. The molecular weight excluding hydrogens is 1750 g/mol. The minimum atomic E-state index is -0.0710. The average Bonchev–Trinajstić information content (AvgIpc) is 1.55. The highest BCUT2D eigenvalue weighted by Gasteiger charge is 2.55. The van der Waals surface area contributed by atoms with Crippen molar-refractivity contribution >= 4 is 87.8 Å². The van der Waals surface area contributed by atoms with E-state index in [4.69, 9.17) is 17.7 Å². The summed E-state index contributed by atoms with van der Waals surface area (Å²) in [5.74, 6) is 2.82. The minimum absolute atomic E-state index is 0.0146. The summed E-state index contributed by atoms with van der Waals surface area (Å²) in [5, 5.41) is 9.87. The third-order valence-corrected chi connectivity index (χ3v) is 35.1. The summed E-state index contributed by atoms with van der Waals surface area (Å²) in [4.78, 5) is 0. The van der Waals surface area contributed by atoms with E-state index in [1.807, 2.05) is 0 Å². The number of pyridine rings is 4. The number of aromatic nitrogens is 4. The monoisotopic (exact) mass is 1900 g/mol. The summed E-state index contributed by atoms with van der Waals surface area (Å²) in [5.41, 5.74) is 53.9. The van der Waals surface area contributed by atoms with E-state index in [-0.39, 0.29) is 27.1 Å². The first-order chi connectivity index (χ1) is 68.5. The van der Waals surface area contributed by atoms with E-state index in [1.165, 1.54) is 273 Å². The van der Waals surface area contributed by atoms with E-state index < -0.39 is 0 Å². The van der Waals surface area contributed by atoms with Crippen molar-refractivity contribution in [3.8, 4) is 78.4 Å². The fourth-order valence-electron chi connectivity index (χ4n) is 28.8. The van der Waals surface area contributed by atoms with Gasteiger partial charge in [-0.05, 0) is 339 Å². The highest BCUT2D eigenvalue weighted by molar-refractivity contribution is 6.17. The van der Waals surface area contributed by atoms with Gasteiger partial charge in [0, 0.05) is 106 Å². The van der Waals surface area contributed by atoms with Gasteiger partial charge in [-0.3, -0.25) is 0 Å². The summed E-state index contributed by atoms with van der Waals surface area (Å²) in [6.45, 7) is 54.7. The number of hydrogen-bond donors (Lipinski definition) is 0. The molecule has 1 spiro atoms. The third kappa shape index (κ3) is 15.4. The van der Waals surface area contributed by atoms with Crippen molar-refractivity contribution in [2.45, 2.75) is 271 Å². The van der Waals surface area contributed by atoms with Gasteiger partial charge in [-0.15, -0.1) is 0 Å². The predicted molar refractivity (Wildman–Crippen MR) is 600 cm³/mol. The molecular formula is C136H148N4O4+4. The van der Waals surface area contributed by atoms with E-state index in [0.717, 1.165) is 82.2 Å². The maximum absolute atomic E-state index is 6.91. The first-order valence-electron chi connectivity index (χ1n) is 53.7. The quantitative estimate of drug-likeness (QED) is 0.128. The molecule has 2 atom stereocenters. The largest absolute Gasteiger partial charge is 0.455 e. The summed E-state index contributed by atoms with van der Waals surface area (Å²) in [7, 11) is 8.56. The van der Waals surface area contributed by atoms with Gasteiger partial charge in [0.1, 0.15) is 72.9 Å². The molecule has 2 fully saturated rings. The second-order valence-electron chi connectivity index (χ2n) is 49.0. The second-order valence-corrected chi connectivity index (χ2v) is 49.0. The molecule has 8 heterocycles.